The standard InChI is InChI=1S/C22H24FN3O3/c1-13-5-4-6-19-20(13)16(21(27)26-19)11-24-14-7-8-18(17(23)9-14)25-10-15-12-28-22(2,3)29-15/h4-9,11,15,24-25H,10,12H2,1-3H3,(H,26,27). The van der Waals surface area contributed by atoms with Crippen molar-refractivity contribution in [1.29, 1.82) is 0 Å². The van der Waals surface area contributed by atoms with Gasteiger partial charge in [0, 0.05) is 29.7 Å². The van der Waals surface area contributed by atoms with Crippen LogP contribution in [0.25, 0.3) is 5.57 Å². The summed E-state index contributed by atoms with van der Waals surface area (Å²) in [6, 6.07) is 10.5. The Morgan fingerprint density at radius 3 is 2.86 bits per heavy atom. The van der Waals surface area contributed by atoms with E-state index < -0.39 is 5.79 Å². The van der Waals surface area contributed by atoms with Crippen LogP contribution in [-0.4, -0.2) is 30.9 Å². The molecular formula is C22H24FN3O3. The molecule has 0 bridgehead atoms. The Bertz CT molecular complexity index is 987. The Balaban J connectivity index is 1.43. The second-order valence-corrected chi connectivity index (χ2v) is 7.68. The average molecular weight is 397 g/mol. The average Bonchev–Trinajstić information content (AvgIpc) is 3.18. The largest absolute Gasteiger partial charge is 0.380 e. The van der Waals surface area contributed by atoms with Crippen molar-refractivity contribution in [3.63, 3.8) is 0 Å². The summed E-state index contributed by atoms with van der Waals surface area (Å²) >= 11 is 0. The van der Waals surface area contributed by atoms with Crippen LogP contribution in [0.15, 0.2) is 42.6 Å². The highest BCUT2D eigenvalue weighted by molar-refractivity contribution is 6.32. The predicted octanol–water partition coefficient (Wildman–Crippen LogP) is 4.10. The first-order chi connectivity index (χ1) is 13.8. The maximum atomic E-state index is 14.5. The molecule has 2 aromatic carbocycles. The summed E-state index contributed by atoms with van der Waals surface area (Å²) in [6.07, 6.45) is 1.48. The lowest BCUT2D eigenvalue weighted by molar-refractivity contribution is -0.136. The third-order valence-electron chi connectivity index (χ3n) is 4.97. The number of halogens is 1. The van der Waals surface area contributed by atoms with Gasteiger partial charge in [-0.05, 0) is 50.6 Å². The lowest BCUT2D eigenvalue weighted by atomic mass is 10.0. The van der Waals surface area contributed by atoms with Gasteiger partial charge in [0.1, 0.15) is 11.9 Å². The maximum Gasteiger partial charge on any atom is 0.257 e. The second kappa shape index (κ2) is 7.50. The number of carbonyl (C=O) groups is 1. The number of benzene rings is 2. The van der Waals surface area contributed by atoms with Crippen molar-refractivity contribution in [2.45, 2.75) is 32.7 Å². The molecule has 3 N–H and O–H groups in total. The Labute approximate surface area is 169 Å². The van der Waals surface area contributed by atoms with E-state index in [2.05, 4.69) is 16.0 Å². The molecule has 152 valence electrons. The molecule has 1 amide bonds. The first kappa shape index (κ1) is 19.4. The van der Waals surface area contributed by atoms with Crippen molar-refractivity contribution in [3.8, 4) is 0 Å². The van der Waals surface area contributed by atoms with Gasteiger partial charge in [-0.2, -0.15) is 0 Å². The van der Waals surface area contributed by atoms with Crippen LogP contribution in [0.4, 0.5) is 21.5 Å². The smallest absolute Gasteiger partial charge is 0.257 e. The highest BCUT2D eigenvalue weighted by Crippen LogP contribution is 2.34. The Morgan fingerprint density at radius 2 is 2.14 bits per heavy atom. The van der Waals surface area contributed by atoms with E-state index in [1.54, 1.807) is 18.3 Å². The zero-order valence-corrected chi connectivity index (χ0v) is 16.6. The molecule has 2 aliphatic heterocycles. The van der Waals surface area contributed by atoms with Crippen LogP contribution in [0, 0.1) is 12.7 Å². The SMILES string of the molecule is Cc1cccc2c1C(=CNc1ccc(NCC3COC(C)(C)O3)c(F)c1)C(=O)N2. The zero-order chi connectivity index (χ0) is 20.6. The van der Waals surface area contributed by atoms with E-state index in [9.17, 15) is 9.18 Å². The van der Waals surface area contributed by atoms with Crippen LogP contribution in [0.3, 0.4) is 0 Å². The van der Waals surface area contributed by atoms with Gasteiger partial charge >= 0.3 is 0 Å². The fourth-order valence-corrected chi connectivity index (χ4v) is 3.56. The van der Waals surface area contributed by atoms with Crippen LogP contribution in [0.2, 0.25) is 0 Å². The molecule has 2 aromatic rings. The number of aryl methyl sites for hydroxylation is 1. The molecule has 1 fully saturated rings. The number of carbonyl (C=O) groups excluding carboxylic acids is 1. The summed E-state index contributed by atoms with van der Waals surface area (Å²) in [7, 11) is 0. The summed E-state index contributed by atoms with van der Waals surface area (Å²) in [5.74, 6) is -1.17. The van der Waals surface area contributed by atoms with E-state index in [1.165, 1.54) is 6.07 Å². The molecule has 1 unspecified atom stereocenters. The number of amides is 1. The van der Waals surface area contributed by atoms with E-state index in [-0.39, 0.29) is 17.8 Å². The molecule has 4 rings (SSSR count). The van der Waals surface area contributed by atoms with Crippen molar-refractivity contribution in [2.24, 2.45) is 0 Å². The number of anilines is 3. The van der Waals surface area contributed by atoms with E-state index >= 15 is 0 Å². The van der Waals surface area contributed by atoms with E-state index in [0.29, 0.717) is 30.1 Å². The van der Waals surface area contributed by atoms with Crippen molar-refractivity contribution in [3.05, 3.63) is 59.5 Å². The highest BCUT2D eigenvalue weighted by atomic mass is 19.1. The van der Waals surface area contributed by atoms with Gasteiger partial charge in [-0.1, -0.05) is 12.1 Å². The number of nitrogens with one attached hydrogen (secondary N) is 3. The Kier molecular flexibility index (Phi) is 5.02. The number of fused-ring (bicyclic) bond motifs is 1. The second-order valence-electron chi connectivity index (χ2n) is 7.68. The molecule has 0 radical (unpaired) electrons. The fourth-order valence-electron chi connectivity index (χ4n) is 3.56. The van der Waals surface area contributed by atoms with Crippen molar-refractivity contribution in [2.75, 3.05) is 29.1 Å². The van der Waals surface area contributed by atoms with Crippen molar-refractivity contribution in [1.82, 2.24) is 0 Å². The maximum absolute atomic E-state index is 14.5. The summed E-state index contributed by atoms with van der Waals surface area (Å²) in [5.41, 5.74) is 4.12. The first-order valence-corrected chi connectivity index (χ1v) is 9.56. The minimum absolute atomic E-state index is 0.129. The molecule has 0 aliphatic carbocycles. The zero-order valence-electron chi connectivity index (χ0n) is 16.6. The monoisotopic (exact) mass is 397 g/mol. The van der Waals surface area contributed by atoms with Gasteiger partial charge in [0.25, 0.3) is 5.91 Å². The van der Waals surface area contributed by atoms with Crippen LogP contribution in [0.1, 0.15) is 25.0 Å². The Hall–Kier alpha value is -2.90. The van der Waals surface area contributed by atoms with Crippen LogP contribution in [0.5, 0.6) is 0 Å². The molecule has 1 atom stereocenters. The molecule has 2 heterocycles. The summed E-state index contributed by atoms with van der Waals surface area (Å²) in [6.45, 7) is 6.58. The van der Waals surface area contributed by atoms with Crippen molar-refractivity contribution < 1.29 is 18.7 Å². The predicted molar refractivity (Wildman–Crippen MR) is 111 cm³/mol. The van der Waals surface area contributed by atoms with Crippen LogP contribution in [-0.2, 0) is 14.3 Å². The molecule has 6 nitrogen and oxygen atoms in total. The lowest BCUT2D eigenvalue weighted by Gasteiger charge is -2.17. The molecule has 0 spiro atoms. The summed E-state index contributed by atoms with van der Waals surface area (Å²) in [5, 5.41) is 8.92. The van der Waals surface area contributed by atoms with E-state index in [4.69, 9.17) is 9.47 Å². The topological polar surface area (TPSA) is 71.6 Å². The third kappa shape index (κ3) is 4.11. The van der Waals surface area contributed by atoms with Crippen LogP contribution < -0.4 is 16.0 Å². The number of hydrogen-bond acceptors (Lipinski definition) is 5. The number of ether oxygens (including phenoxy) is 2. The van der Waals surface area contributed by atoms with Crippen molar-refractivity contribution >= 4 is 28.5 Å². The van der Waals surface area contributed by atoms with Gasteiger partial charge in [-0.3, -0.25) is 4.79 Å². The van der Waals surface area contributed by atoms with Gasteiger partial charge in [-0.25, -0.2) is 4.39 Å². The highest BCUT2D eigenvalue weighted by Gasteiger charge is 2.32. The minimum Gasteiger partial charge on any atom is -0.380 e. The molecular weight excluding hydrogens is 373 g/mol. The normalized spacial score (nSPS) is 21.2. The quantitative estimate of drug-likeness (QED) is 0.663. The van der Waals surface area contributed by atoms with Gasteiger partial charge in [-0.15, -0.1) is 0 Å². The van der Waals surface area contributed by atoms with E-state index in [0.717, 1.165) is 16.8 Å². The van der Waals surface area contributed by atoms with Gasteiger partial charge in [0.2, 0.25) is 0 Å². The molecule has 29 heavy (non-hydrogen) atoms. The van der Waals surface area contributed by atoms with Gasteiger partial charge < -0.3 is 25.4 Å². The minimum atomic E-state index is -0.602. The van der Waals surface area contributed by atoms with Gasteiger partial charge in [0.05, 0.1) is 17.9 Å². The van der Waals surface area contributed by atoms with E-state index in [1.807, 2.05) is 39.0 Å². The lowest BCUT2D eigenvalue weighted by Crippen LogP contribution is -2.26. The van der Waals surface area contributed by atoms with Gasteiger partial charge in [0.15, 0.2) is 5.79 Å². The molecule has 1 saturated heterocycles. The number of rotatable bonds is 5. The molecule has 0 saturated carbocycles. The first-order valence-electron chi connectivity index (χ1n) is 9.56. The third-order valence-corrected chi connectivity index (χ3v) is 4.97. The summed E-state index contributed by atoms with van der Waals surface area (Å²) in [4.78, 5) is 12.3. The molecule has 0 aromatic heterocycles. The Morgan fingerprint density at radius 1 is 1.31 bits per heavy atom. The number of hydrogen-bond donors (Lipinski definition) is 3. The molecule has 2 aliphatic rings. The summed E-state index contributed by atoms with van der Waals surface area (Å²) < 4.78 is 25.7. The van der Waals surface area contributed by atoms with Crippen LogP contribution >= 0.6 is 0 Å². The fraction of sp³-hybridized carbons (Fsp3) is 0.318. The molecule has 7 heteroatoms.